The summed E-state index contributed by atoms with van der Waals surface area (Å²) in [6.07, 6.45) is -0.206. The number of hydrogen-bond donors (Lipinski definition) is 0. The van der Waals surface area contributed by atoms with Crippen molar-refractivity contribution in [1.82, 2.24) is 14.7 Å². The number of nitrogens with zero attached hydrogens (tertiary/aromatic N) is 3. The first kappa shape index (κ1) is 19.2. The van der Waals surface area contributed by atoms with Gasteiger partial charge < -0.3 is 4.90 Å². The molecular formula is C22H20F3N3O. The van der Waals surface area contributed by atoms with Gasteiger partial charge in [0.2, 0.25) is 5.91 Å². The van der Waals surface area contributed by atoms with Gasteiger partial charge >= 0.3 is 6.18 Å². The molecule has 3 aromatic rings. The van der Waals surface area contributed by atoms with Gasteiger partial charge in [0.15, 0.2) is 0 Å². The largest absolute Gasteiger partial charge is 0.416 e. The highest BCUT2D eigenvalue weighted by Gasteiger charge is 2.34. The van der Waals surface area contributed by atoms with E-state index < -0.39 is 17.8 Å². The zero-order valence-corrected chi connectivity index (χ0v) is 15.9. The zero-order chi connectivity index (χ0) is 20.6. The Morgan fingerprint density at radius 3 is 2.52 bits per heavy atom. The molecule has 0 fully saturated rings. The summed E-state index contributed by atoms with van der Waals surface area (Å²) in [6.45, 7) is 2.49. The maximum absolute atomic E-state index is 13.1. The lowest BCUT2D eigenvalue weighted by Gasteiger charge is -2.38. The summed E-state index contributed by atoms with van der Waals surface area (Å²) in [6, 6.07) is 12.4. The van der Waals surface area contributed by atoms with E-state index in [1.165, 1.54) is 12.1 Å². The van der Waals surface area contributed by atoms with Gasteiger partial charge in [-0.3, -0.25) is 9.48 Å². The normalized spacial score (nSPS) is 16.6. The average Bonchev–Trinajstić information content (AvgIpc) is 3.11. The first-order chi connectivity index (χ1) is 13.8. The van der Waals surface area contributed by atoms with Crippen LogP contribution < -0.4 is 0 Å². The van der Waals surface area contributed by atoms with Crippen molar-refractivity contribution in [2.75, 3.05) is 6.54 Å². The lowest BCUT2D eigenvalue weighted by atomic mass is 9.87. The SMILES string of the molecule is Cc1cnn(CC(=O)N2CCc3ccccc3C2c2ccc(C(F)(F)F)cc2)c1. The van der Waals surface area contributed by atoms with Crippen LogP contribution in [0.5, 0.6) is 0 Å². The molecule has 0 spiro atoms. The van der Waals surface area contributed by atoms with Gasteiger partial charge in [0.25, 0.3) is 0 Å². The molecule has 0 saturated carbocycles. The van der Waals surface area contributed by atoms with Crippen LogP contribution in [0.15, 0.2) is 60.9 Å². The minimum Gasteiger partial charge on any atom is -0.330 e. The molecule has 0 N–H and O–H groups in total. The van der Waals surface area contributed by atoms with E-state index in [9.17, 15) is 18.0 Å². The minimum atomic E-state index is -4.39. The second-order valence-electron chi connectivity index (χ2n) is 7.27. The highest BCUT2D eigenvalue weighted by molar-refractivity contribution is 5.77. The van der Waals surface area contributed by atoms with Gasteiger partial charge in [-0.1, -0.05) is 36.4 Å². The summed E-state index contributed by atoms with van der Waals surface area (Å²) in [7, 11) is 0. The van der Waals surface area contributed by atoms with Crippen LogP contribution in [0.3, 0.4) is 0 Å². The number of benzene rings is 2. The summed E-state index contributed by atoms with van der Waals surface area (Å²) in [4.78, 5) is 14.8. The molecule has 150 valence electrons. The Morgan fingerprint density at radius 2 is 1.86 bits per heavy atom. The average molecular weight is 399 g/mol. The van der Waals surface area contributed by atoms with Crippen LogP contribution in [0.1, 0.15) is 33.9 Å². The summed E-state index contributed by atoms with van der Waals surface area (Å²) in [5.41, 5.74) is 2.98. The molecule has 1 unspecified atom stereocenters. The molecule has 4 rings (SSSR count). The van der Waals surface area contributed by atoms with E-state index in [1.54, 1.807) is 22.0 Å². The number of hydrogen-bond acceptors (Lipinski definition) is 2. The first-order valence-electron chi connectivity index (χ1n) is 9.36. The molecule has 29 heavy (non-hydrogen) atoms. The van der Waals surface area contributed by atoms with E-state index in [0.717, 1.165) is 28.8 Å². The Kier molecular flexibility index (Phi) is 4.90. The molecule has 7 heteroatoms. The van der Waals surface area contributed by atoms with Crippen LogP contribution in [0.2, 0.25) is 0 Å². The van der Waals surface area contributed by atoms with E-state index in [-0.39, 0.29) is 12.5 Å². The Balaban J connectivity index is 1.70. The van der Waals surface area contributed by atoms with Crippen LogP contribution in [0, 0.1) is 6.92 Å². The van der Waals surface area contributed by atoms with Gasteiger partial charge in [-0.25, -0.2) is 0 Å². The highest BCUT2D eigenvalue weighted by Crippen LogP contribution is 2.37. The molecule has 2 heterocycles. The third-order valence-electron chi connectivity index (χ3n) is 5.22. The number of aromatic nitrogens is 2. The number of amides is 1. The number of carbonyl (C=O) groups excluding carboxylic acids is 1. The number of aryl methyl sites for hydroxylation is 1. The van der Waals surface area contributed by atoms with Crippen molar-refractivity contribution < 1.29 is 18.0 Å². The van der Waals surface area contributed by atoms with Gasteiger partial charge in [-0.15, -0.1) is 0 Å². The van der Waals surface area contributed by atoms with Crippen LogP contribution in [0.4, 0.5) is 13.2 Å². The van der Waals surface area contributed by atoms with Crippen molar-refractivity contribution in [1.29, 1.82) is 0 Å². The van der Waals surface area contributed by atoms with Crippen LogP contribution in [0.25, 0.3) is 0 Å². The third kappa shape index (κ3) is 3.90. The van der Waals surface area contributed by atoms with Crippen molar-refractivity contribution in [2.24, 2.45) is 0 Å². The number of fused-ring (bicyclic) bond motifs is 1. The van der Waals surface area contributed by atoms with E-state index >= 15 is 0 Å². The fourth-order valence-corrected chi connectivity index (χ4v) is 3.83. The molecule has 0 aliphatic carbocycles. The Bertz CT molecular complexity index is 1020. The van der Waals surface area contributed by atoms with Gasteiger partial charge in [-0.05, 0) is 47.7 Å². The molecule has 1 amide bonds. The molecule has 1 aliphatic heterocycles. The molecule has 4 nitrogen and oxygen atoms in total. The second kappa shape index (κ2) is 7.39. The van der Waals surface area contributed by atoms with Crippen LogP contribution >= 0.6 is 0 Å². The molecule has 1 aliphatic rings. The number of halogens is 3. The van der Waals surface area contributed by atoms with Crippen LogP contribution in [-0.2, 0) is 23.9 Å². The van der Waals surface area contributed by atoms with Gasteiger partial charge in [0.05, 0.1) is 17.8 Å². The van der Waals surface area contributed by atoms with E-state index in [0.29, 0.717) is 18.5 Å². The lowest BCUT2D eigenvalue weighted by Crippen LogP contribution is -2.42. The smallest absolute Gasteiger partial charge is 0.330 e. The number of carbonyl (C=O) groups is 1. The molecule has 0 bridgehead atoms. The number of alkyl halides is 3. The van der Waals surface area contributed by atoms with E-state index in [1.807, 2.05) is 31.2 Å². The van der Waals surface area contributed by atoms with Crippen molar-refractivity contribution >= 4 is 5.91 Å². The predicted molar refractivity (Wildman–Crippen MR) is 102 cm³/mol. The molecule has 1 aromatic heterocycles. The molecular weight excluding hydrogens is 379 g/mol. The highest BCUT2D eigenvalue weighted by atomic mass is 19.4. The Labute approximate surface area is 166 Å². The summed E-state index contributed by atoms with van der Waals surface area (Å²) in [5.74, 6) is -0.118. The standard InChI is InChI=1S/C22H20F3N3O/c1-15-12-26-27(13-15)14-20(29)28-11-10-16-4-2-3-5-19(16)21(28)17-6-8-18(9-7-17)22(23,24)25/h2-9,12-13,21H,10-11,14H2,1H3. The summed E-state index contributed by atoms with van der Waals surface area (Å²) >= 11 is 0. The van der Waals surface area contributed by atoms with E-state index in [4.69, 9.17) is 0 Å². The summed E-state index contributed by atoms with van der Waals surface area (Å²) < 4.78 is 40.5. The van der Waals surface area contributed by atoms with Gasteiger partial charge in [-0.2, -0.15) is 18.3 Å². The maximum Gasteiger partial charge on any atom is 0.416 e. The Morgan fingerprint density at radius 1 is 1.14 bits per heavy atom. The minimum absolute atomic E-state index is 0.0904. The molecule has 1 atom stereocenters. The maximum atomic E-state index is 13.1. The third-order valence-corrected chi connectivity index (χ3v) is 5.22. The predicted octanol–water partition coefficient (Wildman–Crippen LogP) is 4.38. The number of rotatable bonds is 3. The summed E-state index contributed by atoms with van der Waals surface area (Å²) in [5, 5.41) is 4.18. The molecule has 0 saturated heterocycles. The second-order valence-corrected chi connectivity index (χ2v) is 7.27. The van der Waals surface area contributed by atoms with Crippen molar-refractivity contribution in [3.63, 3.8) is 0 Å². The Hall–Kier alpha value is -3.09. The van der Waals surface area contributed by atoms with Crippen molar-refractivity contribution in [2.45, 2.75) is 32.1 Å². The van der Waals surface area contributed by atoms with E-state index in [2.05, 4.69) is 5.10 Å². The van der Waals surface area contributed by atoms with Crippen molar-refractivity contribution in [3.05, 3.63) is 88.7 Å². The topological polar surface area (TPSA) is 38.1 Å². The fourth-order valence-electron chi connectivity index (χ4n) is 3.83. The van der Waals surface area contributed by atoms with Crippen molar-refractivity contribution in [3.8, 4) is 0 Å². The lowest BCUT2D eigenvalue weighted by molar-refractivity contribution is -0.138. The van der Waals surface area contributed by atoms with Crippen LogP contribution in [-0.4, -0.2) is 27.1 Å². The first-order valence-corrected chi connectivity index (χ1v) is 9.36. The quantitative estimate of drug-likeness (QED) is 0.655. The van der Waals surface area contributed by atoms with Gasteiger partial charge in [0.1, 0.15) is 6.54 Å². The van der Waals surface area contributed by atoms with Gasteiger partial charge in [0, 0.05) is 12.7 Å². The molecule has 2 aromatic carbocycles. The fraction of sp³-hybridized carbons (Fsp3) is 0.273. The monoisotopic (exact) mass is 399 g/mol. The molecule has 0 radical (unpaired) electrons. The zero-order valence-electron chi connectivity index (χ0n) is 15.9.